The Labute approximate surface area is 265 Å². The SMILES string of the molecule is CC1CCCC(N2CCC(c3c(F)ccc(Cl)c3F)=CC2=O)c2cc(ccn2)-c2ccc(NC(=O)OC(C)(C)C)cc2NC1=O. The number of aromatic nitrogens is 1. The minimum Gasteiger partial charge on any atom is -0.444 e. The highest BCUT2D eigenvalue weighted by Gasteiger charge is 2.31. The average molecular weight is 637 g/mol. The van der Waals surface area contributed by atoms with Crippen LogP contribution >= 0.6 is 11.6 Å². The van der Waals surface area contributed by atoms with Gasteiger partial charge in [0.15, 0.2) is 5.82 Å². The smallest absolute Gasteiger partial charge is 0.412 e. The fourth-order valence-corrected chi connectivity index (χ4v) is 5.81. The summed E-state index contributed by atoms with van der Waals surface area (Å²) in [6, 6.07) is 10.7. The number of ether oxygens (including phenoxy) is 1. The number of carbonyl (C=O) groups is 3. The highest BCUT2D eigenvalue weighted by atomic mass is 35.5. The molecule has 2 bridgehead atoms. The number of hydrogen-bond donors (Lipinski definition) is 2. The highest BCUT2D eigenvalue weighted by molar-refractivity contribution is 6.31. The number of amides is 3. The Morgan fingerprint density at radius 1 is 1.11 bits per heavy atom. The molecule has 45 heavy (non-hydrogen) atoms. The van der Waals surface area contributed by atoms with Crippen LogP contribution in [-0.2, 0) is 14.3 Å². The van der Waals surface area contributed by atoms with Gasteiger partial charge in [0, 0.05) is 36.0 Å². The van der Waals surface area contributed by atoms with Gasteiger partial charge in [-0.25, -0.2) is 13.6 Å². The summed E-state index contributed by atoms with van der Waals surface area (Å²) >= 11 is 5.90. The molecule has 0 fully saturated rings. The van der Waals surface area contributed by atoms with E-state index in [1.54, 1.807) is 50.1 Å². The first kappa shape index (κ1) is 32.1. The Hall–Kier alpha value is -4.31. The van der Waals surface area contributed by atoms with Crippen molar-refractivity contribution in [2.75, 3.05) is 17.2 Å². The largest absolute Gasteiger partial charge is 0.444 e. The summed E-state index contributed by atoms with van der Waals surface area (Å²) in [7, 11) is 0. The summed E-state index contributed by atoms with van der Waals surface area (Å²) in [5, 5.41) is 5.52. The Bertz CT molecular complexity index is 1690. The number of halogens is 3. The van der Waals surface area contributed by atoms with E-state index in [9.17, 15) is 23.2 Å². The molecule has 0 aliphatic carbocycles. The molecule has 236 valence electrons. The predicted octanol–water partition coefficient (Wildman–Crippen LogP) is 8.14. The molecular formula is C34H35ClF2N4O4. The quantitative estimate of drug-likeness (QED) is 0.283. The molecule has 0 saturated carbocycles. The summed E-state index contributed by atoms with van der Waals surface area (Å²) in [6.07, 6.45) is 4.24. The summed E-state index contributed by atoms with van der Waals surface area (Å²) in [5.74, 6) is -2.57. The van der Waals surface area contributed by atoms with Crippen molar-refractivity contribution in [3.05, 3.63) is 82.7 Å². The maximum absolute atomic E-state index is 14.8. The zero-order valence-corrected chi connectivity index (χ0v) is 26.3. The first-order valence-corrected chi connectivity index (χ1v) is 15.2. The molecule has 5 rings (SSSR count). The number of nitrogens with one attached hydrogen (secondary N) is 2. The van der Waals surface area contributed by atoms with Crippen LogP contribution in [-0.4, -0.2) is 39.9 Å². The van der Waals surface area contributed by atoms with Gasteiger partial charge in [0.05, 0.1) is 28.0 Å². The Morgan fingerprint density at radius 3 is 2.62 bits per heavy atom. The van der Waals surface area contributed by atoms with Crippen molar-refractivity contribution < 1.29 is 27.9 Å². The normalized spacial score (nSPS) is 19.0. The van der Waals surface area contributed by atoms with Crippen LogP contribution in [0.15, 0.2) is 54.7 Å². The Kier molecular flexibility index (Phi) is 9.25. The molecule has 2 N–H and O–H groups in total. The van der Waals surface area contributed by atoms with Gasteiger partial charge in [-0.05, 0) is 87.6 Å². The van der Waals surface area contributed by atoms with Crippen molar-refractivity contribution in [2.45, 2.75) is 65.0 Å². The molecule has 0 spiro atoms. The Balaban J connectivity index is 1.49. The van der Waals surface area contributed by atoms with Crippen molar-refractivity contribution in [1.82, 2.24) is 9.88 Å². The van der Waals surface area contributed by atoms with Gasteiger partial charge in [-0.15, -0.1) is 0 Å². The van der Waals surface area contributed by atoms with Gasteiger partial charge < -0.3 is 15.0 Å². The average Bonchev–Trinajstić information content (AvgIpc) is 2.96. The Morgan fingerprint density at radius 2 is 1.89 bits per heavy atom. The monoisotopic (exact) mass is 636 g/mol. The third-order valence-corrected chi connectivity index (χ3v) is 8.15. The van der Waals surface area contributed by atoms with Gasteiger partial charge in [-0.2, -0.15) is 0 Å². The van der Waals surface area contributed by atoms with Crippen molar-refractivity contribution in [2.24, 2.45) is 5.92 Å². The molecule has 2 aliphatic rings. The molecule has 2 aliphatic heterocycles. The third-order valence-electron chi connectivity index (χ3n) is 7.86. The minimum atomic E-state index is -0.889. The number of benzene rings is 2. The van der Waals surface area contributed by atoms with Gasteiger partial charge in [0.1, 0.15) is 11.4 Å². The van der Waals surface area contributed by atoms with E-state index in [2.05, 4.69) is 15.6 Å². The second kappa shape index (κ2) is 13.0. The van der Waals surface area contributed by atoms with Crippen LogP contribution in [0.1, 0.15) is 70.7 Å². The zero-order valence-electron chi connectivity index (χ0n) is 25.5. The van der Waals surface area contributed by atoms with E-state index in [0.29, 0.717) is 41.9 Å². The number of anilines is 2. The van der Waals surface area contributed by atoms with Gasteiger partial charge in [0.2, 0.25) is 11.8 Å². The molecule has 11 heteroatoms. The van der Waals surface area contributed by atoms with Crippen molar-refractivity contribution in [1.29, 1.82) is 0 Å². The van der Waals surface area contributed by atoms with Crippen LogP contribution < -0.4 is 10.6 Å². The van der Waals surface area contributed by atoms with Gasteiger partial charge in [-0.3, -0.25) is 19.9 Å². The van der Waals surface area contributed by atoms with Gasteiger partial charge in [-0.1, -0.05) is 31.0 Å². The van der Waals surface area contributed by atoms with Gasteiger partial charge in [0.25, 0.3) is 0 Å². The zero-order chi connectivity index (χ0) is 32.5. The van der Waals surface area contributed by atoms with E-state index < -0.39 is 29.4 Å². The summed E-state index contributed by atoms with van der Waals surface area (Å²) in [6.45, 7) is 7.37. The fraction of sp³-hybridized carbons (Fsp3) is 0.353. The molecular weight excluding hydrogens is 602 g/mol. The first-order chi connectivity index (χ1) is 21.3. The van der Waals surface area contributed by atoms with Crippen LogP contribution in [0.25, 0.3) is 16.7 Å². The summed E-state index contributed by atoms with van der Waals surface area (Å²) in [4.78, 5) is 45.5. The fourth-order valence-electron chi connectivity index (χ4n) is 5.65. The highest BCUT2D eigenvalue weighted by Crippen LogP contribution is 2.38. The standard InChI is InChI=1S/C34H35ClF2N4O4/c1-19-6-5-7-28(41-15-13-21(17-29(41)42)30-25(36)11-10-24(35)31(30)37)27-16-20(12-14-38-27)23-9-8-22(18-26(23)40-32(19)43)39-33(44)45-34(2,3)4/h8-12,14,16-19,28H,5-7,13,15H2,1-4H3,(H,39,44)(H,40,43). The minimum absolute atomic E-state index is 0.177. The number of fused-ring (bicyclic) bond motifs is 4. The molecule has 3 aromatic rings. The maximum atomic E-state index is 14.8. The van der Waals surface area contributed by atoms with E-state index in [-0.39, 0.29) is 46.9 Å². The van der Waals surface area contributed by atoms with E-state index in [0.717, 1.165) is 17.7 Å². The lowest BCUT2D eigenvalue weighted by Crippen LogP contribution is -2.38. The van der Waals surface area contributed by atoms with E-state index >= 15 is 0 Å². The lowest BCUT2D eigenvalue weighted by Gasteiger charge is -2.34. The number of pyridine rings is 1. The number of carbonyl (C=O) groups excluding carboxylic acids is 3. The predicted molar refractivity (Wildman–Crippen MR) is 170 cm³/mol. The van der Waals surface area contributed by atoms with E-state index in [1.165, 1.54) is 6.08 Å². The third kappa shape index (κ3) is 7.33. The number of hydrogen-bond acceptors (Lipinski definition) is 5. The van der Waals surface area contributed by atoms with Crippen LogP contribution in [0, 0.1) is 17.6 Å². The van der Waals surface area contributed by atoms with Crippen LogP contribution in [0.2, 0.25) is 5.02 Å². The summed E-state index contributed by atoms with van der Waals surface area (Å²) < 4.78 is 34.7. The van der Waals surface area contributed by atoms with Crippen molar-refractivity contribution >= 4 is 46.5 Å². The molecule has 3 amide bonds. The van der Waals surface area contributed by atoms with Crippen LogP contribution in [0.4, 0.5) is 25.0 Å². The molecule has 0 radical (unpaired) electrons. The molecule has 2 aromatic carbocycles. The van der Waals surface area contributed by atoms with Crippen LogP contribution in [0.3, 0.4) is 0 Å². The maximum Gasteiger partial charge on any atom is 0.412 e. The van der Waals surface area contributed by atoms with Crippen molar-refractivity contribution in [3.63, 3.8) is 0 Å². The van der Waals surface area contributed by atoms with E-state index in [1.807, 2.05) is 19.1 Å². The first-order valence-electron chi connectivity index (χ1n) is 14.9. The topological polar surface area (TPSA) is 101 Å². The van der Waals surface area contributed by atoms with Crippen LogP contribution in [0.5, 0.6) is 0 Å². The lowest BCUT2D eigenvalue weighted by molar-refractivity contribution is -0.129. The number of rotatable bonds is 3. The molecule has 1 aromatic heterocycles. The second-order valence-electron chi connectivity index (χ2n) is 12.4. The molecule has 3 heterocycles. The second-order valence-corrected chi connectivity index (χ2v) is 12.8. The molecule has 0 saturated heterocycles. The van der Waals surface area contributed by atoms with Crippen molar-refractivity contribution in [3.8, 4) is 11.1 Å². The van der Waals surface area contributed by atoms with E-state index in [4.69, 9.17) is 16.3 Å². The molecule has 2 unspecified atom stereocenters. The number of nitrogens with zero attached hydrogens (tertiary/aromatic N) is 2. The molecule has 2 atom stereocenters. The lowest BCUT2D eigenvalue weighted by atomic mass is 9.92. The summed E-state index contributed by atoms with van der Waals surface area (Å²) in [5.41, 5.74) is 2.34. The molecule has 8 nitrogen and oxygen atoms in total. The van der Waals surface area contributed by atoms with Gasteiger partial charge >= 0.3 is 6.09 Å².